The zero-order valence-electron chi connectivity index (χ0n) is 8.89. The summed E-state index contributed by atoms with van der Waals surface area (Å²) < 4.78 is 0. The topological polar surface area (TPSA) is 42.1 Å². The van der Waals surface area contributed by atoms with Gasteiger partial charge in [0.05, 0.1) is 0 Å². The quantitative estimate of drug-likeness (QED) is 0.794. The minimum absolute atomic E-state index is 0.636. The summed E-state index contributed by atoms with van der Waals surface area (Å²) in [6, 6.07) is 4.90. The predicted octanol–water partition coefficient (Wildman–Crippen LogP) is 1.65. The third kappa shape index (κ3) is 1.72. The maximum absolute atomic E-state index is 5.68. The highest BCUT2D eigenvalue weighted by Gasteiger charge is 2.37. The molecule has 1 aliphatic carbocycles. The van der Waals surface area contributed by atoms with Crippen LogP contribution in [0.15, 0.2) is 18.3 Å². The van der Waals surface area contributed by atoms with Gasteiger partial charge < -0.3 is 5.73 Å². The van der Waals surface area contributed by atoms with Crippen molar-refractivity contribution in [2.75, 3.05) is 12.3 Å². The van der Waals surface area contributed by atoms with Crippen LogP contribution in [0.2, 0.25) is 0 Å². The average molecular weight is 203 g/mol. The first kappa shape index (κ1) is 9.16. The number of aromatic nitrogens is 1. The monoisotopic (exact) mass is 203 g/mol. The van der Waals surface area contributed by atoms with Gasteiger partial charge in [0.15, 0.2) is 0 Å². The molecule has 0 aromatic carbocycles. The van der Waals surface area contributed by atoms with Crippen molar-refractivity contribution in [1.82, 2.24) is 9.88 Å². The van der Waals surface area contributed by atoms with E-state index in [4.69, 9.17) is 5.73 Å². The number of hydrogen-bond acceptors (Lipinski definition) is 3. The van der Waals surface area contributed by atoms with Gasteiger partial charge in [0.2, 0.25) is 0 Å². The number of fused-ring (bicyclic) bond motifs is 2. The number of hydrogen-bond donors (Lipinski definition) is 1. The molecule has 2 N–H and O–H groups in total. The molecule has 80 valence electrons. The van der Waals surface area contributed by atoms with E-state index in [1.54, 1.807) is 6.20 Å². The van der Waals surface area contributed by atoms with Crippen LogP contribution < -0.4 is 5.73 Å². The number of anilines is 1. The second-order valence-electron chi connectivity index (χ2n) is 4.85. The molecular weight excluding hydrogens is 186 g/mol. The van der Waals surface area contributed by atoms with Crippen LogP contribution in [-0.4, -0.2) is 22.5 Å². The SMILES string of the molecule is Nc1cc(CN2CC3CCC2C3)ccn1. The third-order valence-electron chi connectivity index (χ3n) is 3.75. The molecule has 3 nitrogen and oxygen atoms in total. The first-order valence-corrected chi connectivity index (χ1v) is 5.76. The van der Waals surface area contributed by atoms with Crippen LogP contribution in [0.5, 0.6) is 0 Å². The van der Waals surface area contributed by atoms with Gasteiger partial charge in [0.25, 0.3) is 0 Å². The van der Waals surface area contributed by atoms with E-state index in [9.17, 15) is 0 Å². The maximum Gasteiger partial charge on any atom is 0.123 e. The molecule has 2 unspecified atom stereocenters. The van der Waals surface area contributed by atoms with E-state index in [0.717, 1.165) is 18.5 Å². The minimum Gasteiger partial charge on any atom is -0.384 e. The van der Waals surface area contributed by atoms with Crippen LogP contribution >= 0.6 is 0 Å². The lowest BCUT2D eigenvalue weighted by Crippen LogP contribution is -2.31. The molecule has 2 bridgehead atoms. The number of pyridine rings is 1. The van der Waals surface area contributed by atoms with Gasteiger partial charge in [-0.1, -0.05) is 0 Å². The second kappa shape index (κ2) is 3.49. The molecule has 1 aromatic rings. The highest BCUT2D eigenvalue weighted by Crippen LogP contribution is 2.38. The van der Waals surface area contributed by atoms with E-state index in [-0.39, 0.29) is 0 Å². The summed E-state index contributed by atoms with van der Waals surface area (Å²) in [5.74, 6) is 1.60. The first-order valence-electron chi connectivity index (χ1n) is 5.76. The number of likely N-dealkylation sites (tertiary alicyclic amines) is 1. The van der Waals surface area contributed by atoms with E-state index in [2.05, 4.69) is 16.0 Å². The molecule has 1 saturated carbocycles. The van der Waals surface area contributed by atoms with Gasteiger partial charge in [0, 0.05) is 25.3 Å². The standard InChI is InChI=1S/C12H17N3/c13-12-6-10(3-4-14-12)8-15-7-9-1-2-11(15)5-9/h3-4,6,9,11H,1-2,5,7-8H2,(H2,13,14). The lowest BCUT2D eigenvalue weighted by molar-refractivity contribution is 0.205. The number of nitrogens with two attached hydrogens (primary N) is 1. The van der Waals surface area contributed by atoms with Crippen molar-refractivity contribution in [3.63, 3.8) is 0 Å². The Hall–Kier alpha value is -1.09. The van der Waals surface area contributed by atoms with Crippen LogP contribution in [0.25, 0.3) is 0 Å². The fraction of sp³-hybridized carbons (Fsp3) is 0.583. The molecule has 3 rings (SSSR count). The predicted molar refractivity (Wildman–Crippen MR) is 60.2 cm³/mol. The van der Waals surface area contributed by atoms with Crippen molar-refractivity contribution in [1.29, 1.82) is 0 Å². The summed E-state index contributed by atoms with van der Waals surface area (Å²) in [6.07, 6.45) is 6.06. The number of nitrogen functional groups attached to an aromatic ring is 1. The molecule has 2 atom stereocenters. The van der Waals surface area contributed by atoms with Crippen LogP contribution in [0, 0.1) is 5.92 Å². The van der Waals surface area contributed by atoms with Crippen LogP contribution in [-0.2, 0) is 6.54 Å². The molecule has 3 heteroatoms. The van der Waals surface area contributed by atoms with Crippen molar-refractivity contribution >= 4 is 5.82 Å². The molecule has 0 amide bonds. The highest BCUT2D eigenvalue weighted by molar-refractivity contribution is 5.31. The van der Waals surface area contributed by atoms with Crippen LogP contribution in [0.4, 0.5) is 5.82 Å². The normalized spacial score (nSPS) is 29.9. The Morgan fingerprint density at radius 3 is 3.07 bits per heavy atom. The molecule has 15 heavy (non-hydrogen) atoms. The first-order chi connectivity index (χ1) is 7.31. The number of piperidine rings is 1. The molecule has 1 aromatic heterocycles. The van der Waals surface area contributed by atoms with Gasteiger partial charge in [-0.25, -0.2) is 4.98 Å². The Bertz CT molecular complexity index is 364. The smallest absolute Gasteiger partial charge is 0.123 e. The van der Waals surface area contributed by atoms with Gasteiger partial charge in [-0.05, 0) is 42.9 Å². The largest absolute Gasteiger partial charge is 0.384 e. The van der Waals surface area contributed by atoms with E-state index in [0.29, 0.717) is 5.82 Å². The zero-order chi connectivity index (χ0) is 10.3. The van der Waals surface area contributed by atoms with Crippen LogP contribution in [0.3, 0.4) is 0 Å². The van der Waals surface area contributed by atoms with Crippen molar-refractivity contribution < 1.29 is 0 Å². The average Bonchev–Trinajstić information content (AvgIpc) is 2.79. The third-order valence-corrected chi connectivity index (χ3v) is 3.75. The lowest BCUT2D eigenvalue weighted by atomic mass is 10.1. The fourth-order valence-electron chi connectivity index (χ4n) is 3.05. The fourth-order valence-corrected chi connectivity index (χ4v) is 3.05. The van der Waals surface area contributed by atoms with E-state index < -0.39 is 0 Å². The summed E-state index contributed by atoms with van der Waals surface area (Å²) in [7, 11) is 0. The van der Waals surface area contributed by atoms with Crippen LogP contribution in [0.1, 0.15) is 24.8 Å². The molecule has 1 saturated heterocycles. The molecule has 2 heterocycles. The Labute approximate surface area is 90.3 Å². The Morgan fingerprint density at radius 2 is 2.40 bits per heavy atom. The number of nitrogens with zero attached hydrogens (tertiary/aromatic N) is 2. The van der Waals surface area contributed by atoms with E-state index in [1.807, 2.05) is 6.07 Å². The van der Waals surface area contributed by atoms with Gasteiger partial charge in [0.1, 0.15) is 5.82 Å². The zero-order valence-corrected chi connectivity index (χ0v) is 8.89. The molecular formula is C12H17N3. The summed E-state index contributed by atoms with van der Waals surface area (Å²) in [6.45, 7) is 2.33. The molecule has 2 aliphatic rings. The van der Waals surface area contributed by atoms with E-state index >= 15 is 0 Å². The van der Waals surface area contributed by atoms with Gasteiger partial charge in [-0.2, -0.15) is 0 Å². The Balaban J connectivity index is 1.71. The Kier molecular flexibility index (Phi) is 2.13. The molecule has 1 aliphatic heterocycles. The van der Waals surface area contributed by atoms with Gasteiger partial charge in [-0.3, -0.25) is 4.90 Å². The molecule has 0 spiro atoms. The van der Waals surface area contributed by atoms with Gasteiger partial charge in [-0.15, -0.1) is 0 Å². The van der Waals surface area contributed by atoms with Crippen molar-refractivity contribution in [2.45, 2.75) is 31.8 Å². The second-order valence-corrected chi connectivity index (χ2v) is 4.85. The summed E-state index contributed by atoms with van der Waals surface area (Å²) in [4.78, 5) is 6.62. The maximum atomic E-state index is 5.68. The van der Waals surface area contributed by atoms with Crippen molar-refractivity contribution in [2.24, 2.45) is 5.92 Å². The summed E-state index contributed by atoms with van der Waals surface area (Å²) in [5.41, 5.74) is 6.98. The molecule has 0 radical (unpaired) electrons. The van der Waals surface area contributed by atoms with E-state index in [1.165, 1.54) is 31.4 Å². The van der Waals surface area contributed by atoms with Gasteiger partial charge >= 0.3 is 0 Å². The summed E-state index contributed by atoms with van der Waals surface area (Å²) >= 11 is 0. The lowest BCUT2D eigenvalue weighted by Gasteiger charge is -2.26. The minimum atomic E-state index is 0.636. The summed E-state index contributed by atoms with van der Waals surface area (Å²) in [5, 5.41) is 0. The van der Waals surface area contributed by atoms with Crippen molar-refractivity contribution in [3.05, 3.63) is 23.9 Å². The Morgan fingerprint density at radius 1 is 1.47 bits per heavy atom. The number of rotatable bonds is 2. The van der Waals surface area contributed by atoms with Crippen molar-refractivity contribution in [3.8, 4) is 0 Å². The highest BCUT2D eigenvalue weighted by atomic mass is 15.2. The molecule has 2 fully saturated rings.